The summed E-state index contributed by atoms with van der Waals surface area (Å²) in [6, 6.07) is 0. The lowest BCUT2D eigenvalue weighted by Gasteiger charge is -2.04. The molecule has 0 aliphatic heterocycles. The summed E-state index contributed by atoms with van der Waals surface area (Å²) in [5.74, 6) is 0. The fourth-order valence-corrected chi connectivity index (χ4v) is 0.901. The standard InChI is InChI=1S/C7H8F2N2O2/c8-7(9)5-4(10)6(13)3(2-12)1-11-5/h1,7,12H,2,10H2,(H,11,13). The summed E-state index contributed by atoms with van der Waals surface area (Å²) in [4.78, 5) is 13.2. The lowest BCUT2D eigenvalue weighted by Crippen LogP contribution is -2.17. The zero-order valence-electron chi connectivity index (χ0n) is 6.55. The monoisotopic (exact) mass is 190 g/mol. The van der Waals surface area contributed by atoms with Gasteiger partial charge in [-0.15, -0.1) is 0 Å². The van der Waals surface area contributed by atoms with Crippen molar-refractivity contribution in [2.24, 2.45) is 0 Å². The van der Waals surface area contributed by atoms with Crippen LogP contribution < -0.4 is 11.2 Å². The maximum atomic E-state index is 12.1. The van der Waals surface area contributed by atoms with E-state index >= 15 is 0 Å². The number of rotatable bonds is 2. The van der Waals surface area contributed by atoms with Gasteiger partial charge in [-0.2, -0.15) is 0 Å². The highest BCUT2D eigenvalue weighted by Crippen LogP contribution is 2.19. The summed E-state index contributed by atoms with van der Waals surface area (Å²) < 4.78 is 24.3. The topological polar surface area (TPSA) is 79.1 Å². The number of aliphatic hydroxyl groups is 1. The van der Waals surface area contributed by atoms with E-state index in [1.165, 1.54) is 0 Å². The van der Waals surface area contributed by atoms with Gasteiger partial charge in [0.15, 0.2) is 0 Å². The number of nitrogens with two attached hydrogens (primary N) is 1. The quantitative estimate of drug-likeness (QED) is 0.631. The summed E-state index contributed by atoms with van der Waals surface area (Å²) >= 11 is 0. The number of aliphatic hydroxyl groups excluding tert-OH is 1. The van der Waals surface area contributed by atoms with Gasteiger partial charge in [0.1, 0.15) is 11.4 Å². The van der Waals surface area contributed by atoms with Crippen LogP contribution >= 0.6 is 0 Å². The number of nitrogen functional groups attached to an aromatic ring is 1. The van der Waals surface area contributed by atoms with Gasteiger partial charge in [-0.3, -0.25) is 4.79 Å². The summed E-state index contributed by atoms with van der Waals surface area (Å²) in [5.41, 5.74) is 3.20. The van der Waals surface area contributed by atoms with E-state index in [1.807, 2.05) is 0 Å². The zero-order chi connectivity index (χ0) is 10.0. The number of anilines is 1. The van der Waals surface area contributed by atoms with Crippen LogP contribution in [0.5, 0.6) is 0 Å². The minimum Gasteiger partial charge on any atom is -0.394 e. The van der Waals surface area contributed by atoms with Gasteiger partial charge in [0.25, 0.3) is 6.43 Å². The molecule has 0 bridgehead atoms. The zero-order valence-corrected chi connectivity index (χ0v) is 6.55. The molecule has 0 fully saturated rings. The van der Waals surface area contributed by atoms with Crippen LogP contribution in [-0.2, 0) is 6.61 Å². The number of aromatic amines is 1. The van der Waals surface area contributed by atoms with Crippen LogP contribution in [0.25, 0.3) is 0 Å². The van der Waals surface area contributed by atoms with E-state index in [2.05, 4.69) is 4.98 Å². The maximum absolute atomic E-state index is 12.1. The molecule has 0 amide bonds. The third kappa shape index (κ3) is 1.67. The molecule has 0 radical (unpaired) electrons. The summed E-state index contributed by atoms with van der Waals surface area (Å²) in [6.07, 6.45) is -1.79. The van der Waals surface area contributed by atoms with Crippen LogP contribution in [0, 0.1) is 0 Å². The molecule has 0 spiro atoms. The molecular weight excluding hydrogens is 182 g/mol. The maximum Gasteiger partial charge on any atom is 0.280 e. The average Bonchev–Trinajstić information content (AvgIpc) is 2.09. The highest BCUT2D eigenvalue weighted by molar-refractivity contribution is 5.45. The van der Waals surface area contributed by atoms with Crippen LogP contribution in [0.2, 0.25) is 0 Å². The van der Waals surface area contributed by atoms with Gasteiger partial charge in [0, 0.05) is 11.8 Å². The normalized spacial score (nSPS) is 10.8. The van der Waals surface area contributed by atoms with E-state index in [9.17, 15) is 13.6 Å². The molecule has 0 saturated heterocycles. The van der Waals surface area contributed by atoms with Gasteiger partial charge in [0.05, 0.1) is 6.61 Å². The third-order valence-corrected chi connectivity index (χ3v) is 1.62. The Morgan fingerprint density at radius 3 is 2.69 bits per heavy atom. The van der Waals surface area contributed by atoms with Crippen LogP contribution in [-0.4, -0.2) is 10.1 Å². The third-order valence-electron chi connectivity index (χ3n) is 1.62. The number of alkyl halides is 2. The molecule has 1 rings (SSSR count). The van der Waals surface area contributed by atoms with Crippen molar-refractivity contribution in [3.05, 3.63) is 27.7 Å². The van der Waals surface area contributed by atoms with Crippen molar-refractivity contribution in [3.63, 3.8) is 0 Å². The predicted molar refractivity (Wildman–Crippen MR) is 42.4 cm³/mol. The summed E-state index contributed by atoms with van der Waals surface area (Å²) in [7, 11) is 0. The number of hydrogen-bond acceptors (Lipinski definition) is 3. The highest BCUT2D eigenvalue weighted by atomic mass is 19.3. The van der Waals surface area contributed by atoms with E-state index in [1.54, 1.807) is 0 Å². The number of pyridine rings is 1. The molecule has 0 atom stereocenters. The molecule has 4 nitrogen and oxygen atoms in total. The molecule has 4 N–H and O–H groups in total. The van der Waals surface area contributed by atoms with Crippen molar-refractivity contribution in [1.82, 2.24) is 4.98 Å². The molecule has 13 heavy (non-hydrogen) atoms. The molecule has 1 aromatic rings. The first-order chi connectivity index (χ1) is 6.07. The van der Waals surface area contributed by atoms with Gasteiger partial charge >= 0.3 is 0 Å². The van der Waals surface area contributed by atoms with E-state index in [0.717, 1.165) is 6.20 Å². The Kier molecular flexibility index (Phi) is 2.62. The molecule has 0 aliphatic rings. The number of H-pyrrole nitrogens is 1. The first-order valence-electron chi connectivity index (χ1n) is 3.47. The lowest BCUT2D eigenvalue weighted by atomic mass is 10.2. The van der Waals surface area contributed by atoms with Gasteiger partial charge < -0.3 is 15.8 Å². The van der Waals surface area contributed by atoms with Crippen LogP contribution in [0.15, 0.2) is 11.0 Å². The first kappa shape index (κ1) is 9.66. The SMILES string of the molecule is Nc1c(C(F)F)[nH]cc(CO)c1=O. The minimum atomic E-state index is -2.82. The van der Waals surface area contributed by atoms with Gasteiger partial charge in [-0.1, -0.05) is 0 Å². The van der Waals surface area contributed by atoms with Crippen LogP contribution in [0.4, 0.5) is 14.5 Å². The molecule has 6 heteroatoms. The summed E-state index contributed by atoms with van der Waals surface area (Å²) in [5, 5.41) is 8.61. The van der Waals surface area contributed by atoms with Crippen molar-refractivity contribution in [3.8, 4) is 0 Å². The number of nitrogens with one attached hydrogen (secondary N) is 1. The molecule has 72 valence electrons. The van der Waals surface area contributed by atoms with Crippen molar-refractivity contribution >= 4 is 5.69 Å². The number of halogens is 2. The Labute approximate surface area is 72.0 Å². The predicted octanol–water partition coefficient (Wildman–Crippen LogP) is 0.387. The first-order valence-corrected chi connectivity index (χ1v) is 3.47. The van der Waals surface area contributed by atoms with Crippen molar-refractivity contribution in [2.45, 2.75) is 13.0 Å². The molecule has 0 unspecified atom stereocenters. The van der Waals surface area contributed by atoms with E-state index in [-0.39, 0.29) is 5.56 Å². The Morgan fingerprint density at radius 1 is 1.62 bits per heavy atom. The smallest absolute Gasteiger partial charge is 0.280 e. The highest BCUT2D eigenvalue weighted by Gasteiger charge is 2.15. The van der Waals surface area contributed by atoms with Crippen molar-refractivity contribution < 1.29 is 13.9 Å². The van der Waals surface area contributed by atoms with E-state index < -0.39 is 29.8 Å². The molecule has 0 saturated carbocycles. The lowest BCUT2D eigenvalue weighted by molar-refractivity contribution is 0.146. The largest absolute Gasteiger partial charge is 0.394 e. The second-order valence-corrected chi connectivity index (χ2v) is 2.43. The molecule has 1 heterocycles. The Hall–Kier alpha value is -1.43. The number of aromatic nitrogens is 1. The Bertz CT molecular complexity index is 362. The van der Waals surface area contributed by atoms with Crippen molar-refractivity contribution in [2.75, 3.05) is 5.73 Å². The second-order valence-electron chi connectivity index (χ2n) is 2.43. The molecule has 0 aliphatic carbocycles. The van der Waals surface area contributed by atoms with Gasteiger partial charge in [0.2, 0.25) is 5.43 Å². The van der Waals surface area contributed by atoms with Gasteiger partial charge in [-0.05, 0) is 0 Å². The van der Waals surface area contributed by atoms with E-state index in [4.69, 9.17) is 10.8 Å². The summed E-state index contributed by atoms with van der Waals surface area (Å²) in [6.45, 7) is -0.525. The molecular formula is C7H8F2N2O2. The average molecular weight is 190 g/mol. The number of hydrogen-bond donors (Lipinski definition) is 3. The van der Waals surface area contributed by atoms with E-state index in [0.29, 0.717) is 0 Å². The van der Waals surface area contributed by atoms with Crippen LogP contribution in [0.1, 0.15) is 17.7 Å². The van der Waals surface area contributed by atoms with Crippen molar-refractivity contribution in [1.29, 1.82) is 0 Å². The second kappa shape index (κ2) is 3.53. The van der Waals surface area contributed by atoms with Gasteiger partial charge in [-0.25, -0.2) is 8.78 Å². The molecule has 0 aromatic carbocycles. The van der Waals surface area contributed by atoms with Crippen LogP contribution in [0.3, 0.4) is 0 Å². The minimum absolute atomic E-state index is 0.0260. The fraction of sp³-hybridized carbons (Fsp3) is 0.286. The molecule has 1 aromatic heterocycles. The Morgan fingerprint density at radius 2 is 2.23 bits per heavy atom. The fourth-order valence-electron chi connectivity index (χ4n) is 0.901. The Balaban J connectivity index is 3.32.